The first-order chi connectivity index (χ1) is 4.36. The summed E-state index contributed by atoms with van der Waals surface area (Å²) in [4.78, 5) is 9.12. The van der Waals surface area contributed by atoms with Gasteiger partial charge in [-0.25, -0.2) is 0 Å². The lowest BCUT2D eigenvalue weighted by Crippen LogP contribution is -2.30. The first-order valence-corrected chi connectivity index (χ1v) is 5.55. The molecule has 2 nitrogen and oxygen atoms in total. The lowest BCUT2D eigenvalue weighted by molar-refractivity contribution is -0.169. The van der Waals surface area contributed by atoms with E-state index in [1.165, 1.54) is 0 Å². The molecule has 0 unspecified atom stereocenters. The van der Waals surface area contributed by atoms with Gasteiger partial charge in [-0.05, 0) is 0 Å². The Morgan fingerprint density at radius 3 is 1.50 bits per heavy atom. The second-order valence-corrected chi connectivity index (χ2v) is 2.98. The Morgan fingerprint density at radius 2 is 1.50 bits per heavy atom. The number of primary amides is 1. The van der Waals surface area contributed by atoms with Crippen molar-refractivity contribution < 1.29 is 18.0 Å². The van der Waals surface area contributed by atoms with E-state index < -0.39 is 12.1 Å². The Bertz CT molecular complexity index is 103. The molecule has 0 spiro atoms. The summed E-state index contributed by atoms with van der Waals surface area (Å²) in [5.74, 6) is -2.26. The van der Waals surface area contributed by atoms with Crippen LogP contribution in [0.1, 0.15) is 0 Å². The van der Waals surface area contributed by atoms with Crippen molar-refractivity contribution in [1.29, 1.82) is 0 Å². The first kappa shape index (κ1) is 12.2. The molecular formula is C4H10F3NOSi. The van der Waals surface area contributed by atoms with Gasteiger partial charge in [0.1, 0.15) is 0 Å². The maximum absolute atomic E-state index is 10.7. The minimum absolute atomic E-state index is 0.417. The van der Waals surface area contributed by atoms with Crippen LogP contribution in [0.5, 0.6) is 0 Å². The zero-order valence-corrected chi connectivity index (χ0v) is 7.24. The Balaban J connectivity index is 0. The van der Waals surface area contributed by atoms with E-state index in [1.54, 1.807) is 0 Å². The van der Waals surface area contributed by atoms with Gasteiger partial charge in [-0.1, -0.05) is 13.1 Å². The van der Waals surface area contributed by atoms with Crippen LogP contribution in [0, 0.1) is 0 Å². The van der Waals surface area contributed by atoms with Crippen molar-refractivity contribution in [3.63, 3.8) is 0 Å². The molecule has 2 N–H and O–H groups in total. The Labute approximate surface area is 59.4 Å². The molecule has 0 aliphatic heterocycles. The fraction of sp³-hybridized carbons (Fsp3) is 0.750. The number of carbonyl (C=O) groups is 1. The summed E-state index contributed by atoms with van der Waals surface area (Å²) in [7, 11) is 0.417. The molecule has 0 radical (unpaired) electrons. The van der Waals surface area contributed by atoms with E-state index in [1.807, 2.05) is 0 Å². The van der Waals surface area contributed by atoms with E-state index in [0.29, 0.717) is 9.52 Å². The number of alkyl halides is 3. The van der Waals surface area contributed by atoms with E-state index >= 15 is 0 Å². The number of hydrogen-bond donors (Lipinski definition) is 1. The maximum Gasteiger partial charge on any atom is 0.470 e. The van der Waals surface area contributed by atoms with Gasteiger partial charge in [0.25, 0.3) is 0 Å². The van der Waals surface area contributed by atoms with Gasteiger partial charge < -0.3 is 5.73 Å². The number of nitrogens with two attached hydrogens (primary N) is 1. The second-order valence-electron chi connectivity index (χ2n) is 1.57. The highest BCUT2D eigenvalue weighted by molar-refractivity contribution is 6.31. The molecule has 0 aromatic rings. The highest BCUT2D eigenvalue weighted by Crippen LogP contribution is 2.11. The summed E-state index contributed by atoms with van der Waals surface area (Å²) in [5.41, 5.74) is 3.81. The van der Waals surface area contributed by atoms with Gasteiger partial charge in [-0.15, -0.1) is 0 Å². The fourth-order valence-electron chi connectivity index (χ4n) is 0. The van der Waals surface area contributed by atoms with E-state index in [9.17, 15) is 13.2 Å². The molecule has 0 heterocycles. The average Bonchev–Trinajstić information content (AvgIpc) is 1.64. The predicted molar refractivity (Wildman–Crippen MR) is 35.5 cm³/mol. The number of carbonyl (C=O) groups excluding carboxylic acids is 1. The van der Waals surface area contributed by atoms with Gasteiger partial charge in [0.05, 0.1) is 0 Å². The van der Waals surface area contributed by atoms with Crippen LogP contribution >= 0.6 is 0 Å². The monoisotopic (exact) mass is 173 g/mol. The molecule has 6 heteroatoms. The molecule has 0 aromatic carbocycles. The quantitative estimate of drug-likeness (QED) is 0.525. The highest BCUT2D eigenvalue weighted by Gasteiger charge is 2.35. The van der Waals surface area contributed by atoms with Gasteiger partial charge in [0.15, 0.2) is 0 Å². The number of rotatable bonds is 0. The Hall–Kier alpha value is -0.523. The maximum atomic E-state index is 10.7. The Kier molecular flexibility index (Phi) is 6.43. The topological polar surface area (TPSA) is 43.1 Å². The van der Waals surface area contributed by atoms with Crippen LogP contribution in [0.4, 0.5) is 13.2 Å². The van der Waals surface area contributed by atoms with Crippen LogP contribution in [-0.2, 0) is 4.79 Å². The predicted octanol–water partition coefficient (Wildman–Crippen LogP) is 0.285. The second kappa shape index (κ2) is 5.28. The van der Waals surface area contributed by atoms with Crippen LogP contribution in [-0.4, -0.2) is 21.6 Å². The molecule has 0 fully saturated rings. The molecule has 0 saturated heterocycles. The third-order valence-electron chi connectivity index (χ3n) is 0.279. The Morgan fingerprint density at radius 1 is 1.40 bits per heavy atom. The van der Waals surface area contributed by atoms with E-state index in [4.69, 9.17) is 4.79 Å². The summed E-state index contributed by atoms with van der Waals surface area (Å²) < 4.78 is 32.1. The summed E-state index contributed by atoms with van der Waals surface area (Å²) >= 11 is 0. The fourth-order valence-corrected chi connectivity index (χ4v) is 0. The average molecular weight is 173 g/mol. The third-order valence-corrected chi connectivity index (χ3v) is 0.279. The molecule has 1 amide bonds. The molecule has 0 aliphatic rings. The summed E-state index contributed by atoms with van der Waals surface area (Å²) in [6.45, 7) is 4.53. The van der Waals surface area contributed by atoms with Crippen LogP contribution in [0.15, 0.2) is 0 Å². The largest absolute Gasteiger partial charge is 0.470 e. The molecule has 0 atom stereocenters. The smallest absolute Gasteiger partial charge is 0.362 e. The molecule has 62 valence electrons. The van der Waals surface area contributed by atoms with E-state index in [0.717, 1.165) is 0 Å². The van der Waals surface area contributed by atoms with Crippen LogP contribution in [0.2, 0.25) is 13.1 Å². The van der Waals surface area contributed by atoms with Crippen molar-refractivity contribution in [2.75, 3.05) is 0 Å². The van der Waals surface area contributed by atoms with Crippen LogP contribution < -0.4 is 5.73 Å². The van der Waals surface area contributed by atoms with Gasteiger partial charge in [-0.2, -0.15) is 13.2 Å². The molecular weight excluding hydrogens is 163 g/mol. The first-order valence-electron chi connectivity index (χ1n) is 2.72. The molecule has 10 heavy (non-hydrogen) atoms. The minimum Gasteiger partial charge on any atom is -0.362 e. The molecule has 0 saturated carbocycles. The van der Waals surface area contributed by atoms with Crippen molar-refractivity contribution in [2.45, 2.75) is 19.3 Å². The van der Waals surface area contributed by atoms with E-state index in [2.05, 4.69) is 18.8 Å². The number of amides is 1. The van der Waals surface area contributed by atoms with E-state index in [-0.39, 0.29) is 0 Å². The summed E-state index contributed by atoms with van der Waals surface area (Å²) in [6, 6.07) is 0. The highest BCUT2D eigenvalue weighted by atomic mass is 28.2. The molecule has 0 bridgehead atoms. The number of halogens is 3. The van der Waals surface area contributed by atoms with Crippen molar-refractivity contribution >= 4 is 15.4 Å². The molecule has 0 aromatic heterocycles. The molecule has 0 aliphatic carbocycles. The van der Waals surface area contributed by atoms with Crippen molar-refractivity contribution in [1.82, 2.24) is 0 Å². The normalized spacial score (nSPS) is 9.70. The van der Waals surface area contributed by atoms with Gasteiger partial charge >= 0.3 is 12.1 Å². The minimum atomic E-state index is -4.86. The van der Waals surface area contributed by atoms with Crippen molar-refractivity contribution in [2.24, 2.45) is 5.73 Å². The standard InChI is InChI=1S/C2H2F3NO.C2H8Si/c3-2(4,5)1(6)7;1-3-2/h(H2,6,7);3H2,1-2H3. The zero-order valence-electron chi connectivity index (χ0n) is 5.83. The summed E-state index contributed by atoms with van der Waals surface area (Å²) in [6.07, 6.45) is -4.86. The molecule has 0 rings (SSSR count). The zero-order chi connectivity index (χ0) is 8.78. The van der Waals surface area contributed by atoms with Crippen molar-refractivity contribution in [3.05, 3.63) is 0 Å². The van der Waals surface area contributed by atoms with Crippen LogP contribution in [0.25, 0.3) is 0 Å². The SMILES string of the molecule is C[SiH2]C.NC(=O)C(F)(F)F. The lowest BCUT2D eigenvalue weighted by atomic mass is 10.6. The number of hydrogen-bond acceptors (Lipinski definition) is 1. The van der Waals surface area contributed by atoms with Gasteiger partial charge in [-0.3, -0.25) is 4.79 Å². The van der Waals surface area contributed by atoms with Crippen LogP contribution in [0.3, 0.4) is 0 Å². The summed E-state index contributed by atoms with van der Waals surface area (Å²) in [5, 5.41) is 0. The lowest BCUT2D eigenvalue weighted by Gasteiger charge is -1.95. The van der Waals surface area contributed by atoms with Gasteiger partial charge in [0, 0.05) is 9.52 Å². The van der Waals surface area contributed by atoms with Gasteiger partial charge in [0.2, 0.25) is 0 Å². The van der Waals surface area contributed by atoms with Crippen molar-refractivity contribution in [3.8, 4) is 0 Å². The third kappa shape index (κ3) is 10.5.